The molecule has 0 aromatic heterocycles. The molecule has 14 heavy (non-hydrogen) atoms. The van der Waals surface area contributed by atoms with E-state index in [1.54, 1.807) is 0 Å². The second kappa shape index (κ2) is 3.96. The van der Waals surface area contributed by atoms with Gasteiger partial charge in [-0.1, -0.05) is 6.92 Å². The van der Waals surface area contributed by atoms with E-state index in [0.29, 0.717) is 12.0 Å². The molecule has 2 unspecified atom stereocenters. The van der Waals surface area contributed by atoms with E-state index < -0.39 is 0 Å². The molecule has 2 atom stereocenters. The Bertz CT molecular complexity index is 338. The lowest BCUT2D eigenvalue weighted by molar-refractivity contribution is 0.542. The Morgan fingerprint density at radius 3 is 2.86 bits per heavy atom. The second-order valence-electron chi connectivity index (χ2n) is 3.98. The van der Waals surface area contributed by atoms with E-state index >= 15 is 0 Å². The smallest absolute Gasteiger partial charge is 0.0586 e. The molecule has 1 aromatic carbocycles. The standard InChI is InChI=1S/C11H15IN2/c1-7-6-13-11-5-9(12)3-4-10(11)14-8(7)2/h3-5,7-8,13-14H,6H2,1-2H3. The Labute approximate surface area is 98.6 Å². The van der Waals surface area contributed by atoms with Crippen LogP contribution in [-0.2, 0) is 0 Å². The number of nitrogens with one attached hydrogen (secondary N) is 2. The Hall–Kier alpha value is -0.450. The molecule has 3 heteroatoms. The van der Waals surface area contributed by atoms with Crippen molar-refractivity contribution in [3.63, 3.8) is 0 Å². The van der Waals surface area contributed by atoms with Crippen molar-refractivity contribution in [2.45, 2.75) is 19.9 Å². The lowest BCUT2D eigenvalue weighted by atomic mass is 10.0. The summed E-state index contributed by atoms with van der Waals surface area (Å²) in [6.45, 7) is 5.54. The molecule has 2 N–H and O–H groups in total. The lowest BCUT2D eigenvalue weighted by Gasteiger charge is -2.17. The van der Waals surface area contributed by atoms with Crippen LogP contribution in [0.5, 0.6) is 0 Å². The minimum atomic E-state index is 0.531. The molecule has 0 radical (unpaired) electrons. The van der Waals surface area contributed by atoms with Crippen molar-refractivity contribution in [3.05, 3.63) is 21.8 Å². The van der Waals surface area contributed by atoms with Crippen molar-refractivity contribution in [3.8, 4) is 0 Å². The predicted octanol–water partition coefficient (Wildman–Crippen LogP) is 3.15. The van der Waals surface area contributed by atoms with Gasteiger partial charge in [-0.3, -0.25) is 0 Å². The van der Waals surface area contributed by atoms with Gasteiger partial charge in [0.15, 0.2) is 0 Å². The summed E-state index contributed by atoms with van der Waals surface area (Å²) in [6.07, 6.45) is 0. The molecule has 1 aliphatic rings. The second-order valence-corrected chi connectivity index (χ2v) is 5.23. The zero-order chi connectivity index (χ0) is 10.1. The third kappa shape index (κ3) is 1.97. The largest absolute Gasteiger partial charge is 0.383 e. The Morgan fingerprint density at radius 1 is 1.29 bits per heavy atom. The molecule has 0 fully saturated rings. The number of benzene rings is 1. The molecule has 0 amide bonds. The van der Waals surface area contributed by atoms with E-state index in [2.05, 4.69) is 65.3 Å². The number of rotatable bonds is 0. The molecular formula is C11H15IN2. The molecule has 0 saturated heterocycles. The average Bonchev–Trinajstić information content (AvgIpc) is 2.29. The van der Waals surface area contributed by atoms with Crippen molar-refractivity contribution in [2.75, 3.05) is 17.2 Å². The average molecular weight is 302 g/mol. The van der Waals surface area contributed by atoms with Gasteiger partial charge in [0.05, 0.1) is 11.4 Å². The van der Waals surface area contributed by atoms with E-state index in [4.69, 9.17) is 0 Å². The van der Waals surface area contributed by atoms with Gasteiger partial charge in [0.2, 0.25) is 0 Å². The van der Waals surface area contributed by atoms with Crippen LogP contribution < -0.4 is 10.6 Å². The lowest BCUT2D eigenvalue weighted by Crippen LogP contribution is -2.25. The van der Waals surface area contributed by atoms with Gasteiger partial charge in [0.25, 0.3) is 0 Å². The molecule has 2 nitrogen and oxygen atoms in total. The highest BCUT2D eigenvalue weighted by Crippen LogP contribution is 2.28. The summed E-state index contributed by atoms with van der Waals surface area (Å²) in [4.78, 5) is 0. The van der Waals surface area contributed by atoms with Gasteiger partial charge >= 0.3 is 0 Å². The van der Waals surface area contributed by atoms with Crippen LogP contribution >= 0.6 is 22.6 Å². The highest BCUT2D eigenvalue weighted by atomic mass is 127. The maximum absolute atomic E-state index is 3.53. The van der Waals surface area contributed by atoms with E-state index in [0.717, 1.165) is 6.54 Å². The molecule has 2 rings (SSSR count). The van der Waals surface area contributed by atoms with Gasteiger partial charge in [0, 0.05) is 16.2 Å². The zero-order valence-electron chi connectivity index (χ0n) is 8.47. The minimum absolute atomic E-state index is 0.531. The van der Waals surface area contributed by atoms with E-state index in [1.165, 1.54) is 14.9 Å². The fourth-order valence-corrected chi connectivity index (χ4v) is 2.12. The van der Waals surface area contributed by atoms with Crippen molar-refractivity contribution in [1.82, 2.24) is 0 Å². The van der Waals surface area contributed by atoms with Crippen LogP contribution in [0.15, 0.2) is 18.2 Å². The maximum Gasteiger partial charge on any atom is 0.0586 e. The van der Waals surface area contributed by atoms with Gasteiger partial charge < -0.3 is 10.6 Å². The van der Waals surface area contributed by atoms with Crippen LogP contribution in [0.25, 0.3) is 0 Å². The number of halogens is 1. The topological polar surface area (TPSA) is 24.1 Å². The van der Waals surface area contributed by atoms with Crippen molar-refractivity contribution < 1.29 is 0 Å². The fraction of sp³-hybridized carbons (Fsp3) is 0.455. The minimum Gasteiger partial charge on any atom is -0.383 e. The van der Waals surface area contributed by atoms with Crippen molar-refractivity contribution in [2.24, 2.45) is 5.92 Å². The molecule has 1 aromatic rings. The van der Waals surface area contributed by atoms with Crippen LogP contribution in [0, 0.1) is 9.49 Å². The summed E-state index contributed by atoms with van der Waals surface area (Å²) in [7, 11) is 0. The van der Waals surface area contributed by atoms with Crippen LogP contribution in [0.3, 0.4) is 0 Å². The van der Waals surface area contributed by atoms with E-state index in [-0.39, 0.29) is 0 Å². The normalized spacial score (nSPS) is 25.6. The number of fused-ring (bicyclic) bond motifs is 1. The quantitative estimate of drug-likeness (QED) is 0.719. The Morgan fingerprint density at radius 2 is 2.07 bits per heavy atom. The summed E-state index contributed by atoms with van der Waals surface area (Å²) in [5.41, 5.74) is 2.45. The number of anilines is 2. The highest BCUT2D eigenvalue weighted by Gasteiger charge is 2.17. The van der Waals surface area contributed by atoms with Gasteiger partial charge in [-0.2, -0.15) is 0 Å². The van der Waals surface area contributed by atoms with E-state index in [1.807, 2.05) is 0 Å². The van der Waals surface area contributed by atoms with Crippen LogP contribution in [0.1, 0.15) is 13.8 Å². The van der Waals surface area contributed by atoms with Gasteiger partial charge in [-0.15, -0.1) is 0 Å². The van der Waals surface area contributed by atoms with Crippen LogP contribution in [0.2, 0.25) is 0 Å². The molecule has 76 valence electrons. The molecule has 0 spiro atoms. The predicted molar refractivity (Wildman–Crippen MR) is 69.9 cm³/mol. The first kappa shape index (κ1) is 10.1. The van der Waals surface area contributed by atoms with E-state index in [9.17, 15) is 0 Å². The fourth-order valence-electron chi connectivity index (χ4n) is 1.62. The molecule has 1 heterocycles. The molecule has 0 bridgehead atoms. The van der Waals surface area contributed by atoms with Gasteiger partial charge in [-0.05, 0) is 53.6 Å². The monoisotopic (exact) mass is 302 g/mol. The number of hydrogen-bond donors (Lipinski definition) is 2. The van der Waals surface area contributed by atoms with Crippen LogP contribution in [-0.4, -0.2) is 12.6 Å². The third-order valence-corrected chi connectivity index (χ3v) is 3.50. The molecule has 0 saturated carbocycles. The molecule has 0 aliphatic carbocycles. The van der Waals surface area contributed by atoms with Crippen LogP contribution in [0.4, 0.5) is 11.4 Å². The summed E-state index contributed by atoms with van der Waals surface area (Å²) in [5, 5.41) is 7.01. The summed E-state index contributed by atoms with van der Waals surface area (Å²) in [6, 6.07) is 7.01. The first-order valence-electron chi connectivity index (χ1n) is 4.97. The summed E-state index contributed by atoms with van der Waals surface area (Å²) >= 11 is 2.34. The third-order valence-electron chi connectivity index (χ3n) is 2.83. The Kier molecular flexibility index (Phi) is 2.85. The highest BCUT2D eigenvalue weighted by molar-refractivity contribution is 14.1. The SMILES string of the molecule is CC1CNc2cc(I)ccc2NC1C. The van der Waals surface area contributed by atoms with Crippen molar-refractivity contribution in [1.29, 1.82) is 0 Å². The first-order valence-corrected chi connectivity index (χ1v) is 6.04. The van der Waals surface area contributed by atoms with Gasteiger partial charge in [0.1, 0.15) is 0 Å². The number of hydrogen-bond acceptors (Lipinski definition) is 2. The summed E-state index contributed by atoms with van der Waals surface area (Å²) < 4.78 is 1.28. The van der Waals surface area contributed by atoms with Crippen molar-refractivity contribution >= 4 is 34.0 Å². The maximum atomic E-state index is 3.53. The first-order chi connectivity index (χ1) is 6.66. The summed E-state index contributed by atoms with van der Waals surface area (Å²) in [5.74, 6) is 0.653. The molecular weight excluding hydrogens is 287 g/mol. The Balaban J connectivity index is 2.33. The molecule has 1 aliphatic heterocycles. The zero-order valence-corrected chi connectivity index (χ0v) is 10.6. The van der Waals surface area contributed by atoms with Gasteiger partial charge in [-0.25, -0.2) is 0 Å².